The average molecular weight is 769 g/mol. The molecule has 0 unspecified atom stereocenters. The molecule has 0 N–H and O–H groups in total. The molecule has 5 aromatic rings. The largest absolute Gasteiger partial charge is 0.0622 e. The van der Waals surface area contributed by atoms with E-state index in [2.05, 4.69) is 135 Å². The molecule has 0 radical (unpaired) electrons. The van der Waals surface area contributed by atoms with Crippen LogP contribution in [0.2, 0.25) is 0 Å². The summed E-state index contributed by atoms with van der Waals surface area (Å²) in [6, 6.07) is 42.7. The molecule has 0 saturated carbocycles. The Morgan fingerprint density at radius 3 is 1.47 bits per heavy atom. The molecule has 2 nitrogen and oxygen atoms in total. The first-order chi connectivity index (χ1) is 22.6. The van der Waals surface area contributed by atoms with Crippen molar-refractivity contribution in [3.63, 3.8) is 0 Å². The molecule has 1 aliphatic rings. The standard InChI is InChI=1S/C23H26O2.C18H15P.2ClH.Ru/c1-14(2)24-18-12-21-19(22(13-18)25-15(3)4)10-11-20(21)23-16(5)8-7-9-17(23)6;1-4-10-16(11-5-1)19(17-12-6-2-7-13-17)18-14-8-3-9-15-18;;;/h7-9,11-15H,1-6H3;1-15H;2*1H;/q;;;;+2/p-2. The summed E-state index contributed by atoms with van der Waals surface area (Å²) in [5.41, 5.74) is 6.92. The van der Waals surface area contributed by atoms with Gasteiger partial charge in [-0.05, 0) is 23.8 Å². The summed E-state index contributed by atoms with van der Waals surface area (Å²) in [6.45, 7) is 12.4. The van der Waals surface area contributed by atoms with Gasteiger partial charge in [-0.1, -0.05) is 91.0 Å². The first kappa shape index (κ1) is 35.3. The molecule has 0 heterocycles. The van der Waals surface area contributed by atoms with Crippen LogP contribution in [-0.4, -0.2) is 16.3 Å². The number of hydrogen-bond acceptors (Lipinski definition) is 2. The predicted octanol–water partition coefficient (Wildman–Crippen LogP) is 10.2. The molecule has 0 aliphatic heterocycles. The minimum atomic E-state index is -2.15. The van der Waals surface area contributed by atoms with Gasteiger partial charge >= 0.3 is 182 Å². The summed E-state index contributed by atoms with van der Waals surface area (Å²) in [5, 5.41) is 4.19. The fourth-order valence-corrected chi connectivity index (χ4v) is 10.5. The van der Waals surface area contributed by atoms with E-state index in [1.807, 2.05) is 33.8 Å². The van der Waals surface area contributed by atoms with Crippen LogP contribution >= 0.6 is 27.3 Å². The van der Waals surface area contributed by atoms with E-state index in [1.165, 1.54) is 32.6 Å². The molecule has 0 bridgehead atoms. The number of ether oxygens (including phenoxy) is 2. The Kier molecular flexibility index (Phi) is 12.3. The minimum absolute atomic E-state index is 0.0372. The number of allylic oxidation sites excluding steroid dienone is 1. The third-order valence-corrected chi connectivity index (χ3v) is 13.1. The molecule has 0 saturated heterocycles. The van der Waals surface area contributed by atoms with Gasteiger partial charge in [-0.25, -0.2) is 0 Å². The third-order valence-electron chi connectivity index (χ3n) is 7.54. The van der Waals surface area contributed by atoms with E-state index in [9.17, 15) is 0 Å². The van der Waals surface area contributed by atoms with Crippen LogP contribution in [0.25, 0.3) is 5.57 Å². The molecule has 0 aromatic heterocycles. The first-order valence-corrected chi connectivity index (χ1v) is 22.4. The van der Waals surface area contributed by atoms with Crippen LogP contribution < -0.4 is 25.4 Å². The van der Waals surface area contributed by atoms with Crippen molar-refractivity contribution in [1.29, 1.82) is 0 Å². The van der Waals surface area contributed by atoms with Crippen molar-refractivity contribution in [3.05, 3.63) is 155 Å². The Balaban J connectivity index is 0.000000198. The van der Waals surface area contributed by atoms with Crippen LogP contribution in [-0.2, 0) is 13.5 Å². The van der Waals surface area contributed by atoms with Crippen molar-refractivity contribution in [2.75, 3.05) is 0 Å². The summed E-state index contributed by atoms with van der Waals surface area (Å²) < 4.78 is 13.2. The Hall–Kier alpha value is -3.06. The second-order valence-electron chi connectivity index (χ2n) is 11.9. The summed E-state index contributed by atoms with van der Waals surface area (Å²) in [4.78, 5) is 0. The van der Waals surface area contributed by atoms with Crippen LogP contribution in [0.4, 0.5) is 0 Å². The molecule has 0 atom stereocenters. The van der Waals surface area contributed by atoms with Gasteiger partial charge < -0.3 is 0 Å². The van der Waals surface area contributed by atoms with Crippen molar-refractivity contribution < 1.29 is 23.0 Å². The molecule has 6 heteroatoms. The van der Waals surface area contributed by atoms with Crippen molar-refractivity contribution in [2.24, 2.45) is 0 Å². The van der Waals surface area contributed by atoms with Crippen molar-refractivity contribution in [2.45, 2.75) is 53.8 Å². The van der Waals surface area contributed by atoms with E-state index in [-0.39, 0.29) is 12.2 Å². The number of benzene rings is 5. The molecule has 0 fully saturated rings. The quantitative estimate of drug-likeness (QED) is 0.116. The molecular weight excluding hydrogens is 727 g/mol. The van der Waals surface area contributed by atoms with Crippen LogP contribution in [0.3, 0.4) is 0 Å². The number of hydrogen-bond donors (Lipinski definition) is 0. The van der Waals surface area contributed by atoms with Gasteiger partial charge in [-0.2, -0.15) is 0 Å². The molecule has 47 heavy (non-hydrogen) atoms. The zero-order chi connectivity index (χ0) is 33.5. The Morgan fingerprint density at radius 2 is 1.04 bits per heavy atom. The molecule has 5 aromatic carbocycles. The normalized spacial score (nSPS) is 12.4. The van der Waals surface area contributed by atoms with Gasteiger partial charge in [0.2, 0.25) is 0 Å². The second kappa shape index (κ2) is 16.4. The molecule has 244 valence electrons. The fourth-order valence-electron chi connectivity index (χ4n) is 5.73. The van der Waals surface area contributed by atoms with E-state index in [4.69, 9.17) is 28.9 Å². The van der Waals surface area contributed by atoms with Gasteiger partial charge in [-0.15, -0.1) is 0 Å². The van der Waals surface area contributed by atoms with Crippen molar-refractivity contribution >= 4 is 52.9 Å². The van der Waals surface area contributed by atoms with Crippen LogP contribution in [0, 0.1) is 13.8 Å². The van der Waals surface area contributed by atoms with Crippen LogP contribution in [0.15, 0.2) is 127 Å². The summed E-state index contributed by atoms with van der Waals surface area (Å²) >= 11 is -2.15. The SMILES string of the molecule is Cc1cccc(C)c1C1=C[C](=[Ru]([Cl])[Cl])c2c(OC(C)C)cc(OC(C)C)cc21.c1ccc(P(c2ccccc2)c2ccccc2)cc1. The molecule has 0 spiro atoms. The Labute approximate surface area is 294 Å². The van der Waals surface area contributed by atoms with E-state index < -0.39 is 21.4 Å². The molecule has 1 aliphatic carbocycles. The summed E-state index contributed by atoms with van der Waals surface area (Å²) in [5.74, 6) is 1.58. The maximum atomic E-state index is 6.52. The topological polar surface area (TPSA) is 18.5 Å². The zero-order valence-corrected chi connectivity index (χ0v) is 31.8. The predicted molar refractivity (Wildman–Crippen MR) is 202 cm³/mol. The van der Waals surface area contributed by atoms with Crippen LogP contribution in [0.1, 0.15) is 55.5 Å². The van der Waals surface area contributed by atoms with Crippen molar-refractivity contribution in [3.8, 4) is 11.5 Å². The van der Waals surface area contributed by atoms with E-state index in [1.54, 1.807) is 0 Å². The molecular formula is C41H41Cl2O2PRu. The summed E-state index contributed by atoms with van der Waals surface area (Å²) in [7, 11) is 12.6. The van der Waals surface area contributed by atoms with Gasteiger partial charge in [0.25, 0.3) is 0 Å². The Bertz CT molecular complexity index is 1750. The maximum absolute atomic E-state index is 6.52. The van der Waals surface area contributed by atoms with E-state index in [0.717, 1.165) is 32.3 Å². The number of halogens is 2. The van der Waals surface area contributed by atoms with Gasteiger partial charge in [0, 0.05) is 0 Å². The molecule has 6 rings (SSSR count). The Morgan fingerprint density at radius 1 is 0.574 bits per heavy atom. The van der Waals surface area contributed by atoms with Crippen molar-refractivity contribution in [1.82, 2.24) is 0 Å². The molecule has 0 amide bonds. The number of rotatable bonds is 8. The van der Waals surface area contributed by atoms with Gasteiger partial charge in [-0.3, -0.25) is 0 Å². The van der Waals surface area contributed by atoms with Gasteiger partial charge in [0.15, 0.2) is 0 Å². The monoisotopic (exact) mass is 768 g/mol. The van der Waals surface area contributed by atoms with Gasteiger partial charge in [0.05, 0.1) is 0 Å². The zero-order valence-electron chi connectivity index (χ0n) is 27.7. The average Bonchev–Trinajstić information content (AvgIpc) is 3.42. The summed E-state index contributed by atoms with van der Waals surface area (Å²) in [6.07, 6.45) is 2.27. The third kappa shape index (κ3) is 8.70. The van der Waals surface area contributed by atoms with Crippen LogP contribution in [0.5, 0.6) is 11.5 Å². The number of aryl methyl sites for hydroxylation is 2. The minimum Gasteiger partial charge on any atom is -0.0622 e. The second-order valence-corrected chi connectivity index (χ2v) is 19.9. The fraction of sp³-hybridized carbons (Fsp3) is 0.195. The first-order valence-electron chi connectivity index (χ1n) is 15.8. The van der Waals surface area contributed by atoms with E-state index in [0.29, 0.717) is 0 Å². The maximum Gasteiger partial charge on any atom is -0.0134 e. The number of fused-ring (bicyclic) bond motifs is 1. The van der Waals surface area contributed by atoms with Gasteiger partial charge in [0.1, 0.15) is 0 Å². The van der Waals surface area contributed by atoms with E-state index >= 15 is 0 Å². The smallest absolute Gasteiger partial charge is 0.0134 e.